The fraction of sp³-hybridized carbons (Fsp3) is 0.250. The normalized spacial score (nSPS) is 12.9. The summed E-state index contributed by atoms with van der Waals surface area (Å²) in [5.74, 6) is 0.660. The van der Waals surface area contributed by atoms with Crippen molar-refractivity contribution < 1.29 is 13.2 Å². The van der Waals surface area contributed by atoms with Crippen molar-refractivity contribution in [2.24, 2.45) is 0 Å². The third-order valence-corrected chi connectivity index (χ3v) is 4.63. The predicted molar refractivity (Wildman–Crippen MR) is 82.8 cm³/mol. The van der Waals surface area contributed by atoms with Gasteiger partial charge in [0.2, 0.25) is 10.0 Å². The molecule has 112 valence electrons. The van der Waals surface area contributed by atoms with Crippen LogP contribution in [0, 0.1) is 0 Å². The smallest absolute Gasteiger partial charge is 0.241 e. The van der Waals surface area contributed by atoms with Gasteiger partial charge in [0, 0.05) is 6.04 Å². The van der Waals surface area contributed by atoms with E-state index in [2.05, 4.69) is 4.72 Å². The van der Waals surface area contributed by atoms with Crippen molar-refractivity contribution in [3.8, 4) is 5.75 Å². The second-order valence-corrected chi connectivity index (χ2v) is 6.37. The Morgan fingerprint density at radius 2 is 1.67 bits per heavy atom. The zero-order valence-corrected chi connectivity index (χ0v) is 12.9. The number of rotatable bonds is 6. The summed E-state index contributed by atoms with van der Waals surface area (Å²) in [7, 11) is -3.54. The lowest BCUT2D eigenvalue weighted by Gasteiger charge is -2.15. The molecule has 0 spiro atoms. The van der Waals surface area contributed by atoms with Crippen LogP contribution in [-0.2, 0) is 10.0 Å². The van der Waals surface area contributed by atoms with Crippen molar-refractivity contribution in [3.63, 3.8) is 0 Å². The van der Waals surface area contributed by atoms with E-state index < -0.39 is 10.0 Å². The quantitative estimate of drug-likeness (QED) is 0.892. The van der Waals surface area contributed by atoms with Gasteiger partial charge in [-0.3, -0.25) is 0 Å². The summed E-state index contributed by atoms with van der Waals surface area (Å²) in [6.07, 6.45) is 0. The Kier molecular flexibility index (Phi) is 4.98. The lowest BCUT2D eigenvalue weighted by Crippen LogP contribution is -2.26. The topological polar surface area (TPSA) is 55.4 Å². The van der Waals surface area contributed by atoms with Crippen LogP contribution in [0.4, 0.5) is 0 Å². The monoisotopic (exact) mass is 305 g/mol. The third-order valence-electron chi connectivity index (χ3n) is 3.08. The minimum atomic E-state index is -3.54. The predicted octanol–water partition coefficient (Wildman–Crippen LogP) is 3.12. The molecule has 0 fully saturated rings. The van der Waals surface area contributed by atoms with Crippen LogP contribution in [0.2, 0.25) is 0 Å². The highest BCUT2D eigenvalue weighted by molar-refractivity contribution is 7.89. The van der Waals surface area contributed by atoms with Gasteiger partial charge in [0.05, 0.1) is 11.5 Å². The van der Waals surface area contributed by atoms with Gasteiger partial charge < -0.3 is 4.74 Å². The molecule has 4 nitrogen and oxygen atoms in total. The fourth-order valence-electron chi connectivity index (χ4n) is 1.99. The van der Waals surface area contributed by atoms with Crippen molar-refractivity contribution in [1.82, 2.24) is 4.72 Å². The van der Waals surface area contributed by atoms with E-state index in [1.807, 2.05) is 44.2 Å². The molecule has 0 bridgehead atoms. The Morgan fingerprint density at radius 1 is 1.05 bits per heavy atom. The van der Waals surface area contributed by atoms with Gasteiger partial charge in [-0.2, -0.15) is 0 Å². The summed E-state index contributed by atoms with van der Waals surface area (Å²) in [6, 6.07) is 15.6. The number of hydrogen-bond acceptors (Lipinski definition) is 3. The minimum absolute atomic E-state index is 0.230. The van der Waals surface area contributed by atoms with Gasteiger partial charge in [-0.05, 0) is 43.7 Å². The van der Waals surface area contributed by atoms with Gasteiger partial charge >= 0.3 is 0 Å². The average molecular weight is 305 g/mol. The van der Waals surface area contributed by atoms with Crippen LogP contribution in [0.5, 0.6) is 5.75 Å². The Labute approximate surface area is 125 Å². The van der Waals surface area contributed by atoms with Gasteiger partial charge in [0.1, 0.15) is 5.75 Å². The molecule has 5 heteroatoms. The Morgan fingerprint density at radius 3 is 2.24 bits per heavy atom. The number of ether oxygens (including phenoxy) is 1. The molecule has 0 heterocycles. The second-order valence-electron chi connectivity index (χ2n) is 4.66. The van der Waals surface area contributed by atoms with E-state index in [4.69, 9.17) is 4.74 Å². The van der Waals surface area contributed by atoms with Gasteiger partial charge in [-0.25, -0.2) is 13.1 Å². The van der Waals surface area contributed by atoms with Crippen LogP contribution < -0.4 is 9.46 Å². The molecule has 1 N–H and O–H groups in total. The van der Waals surface area contributed by atoms with E-state index >= 15 is 0 Å². The van der Waals surface area contributed by atoms with Crippen LogP contribution >= 0.6 is 0 Å². The number of nitrogens with one attached hydrogen (secondary N) is 1. The van der Waals surface area contributed by atoms with E-state index in [1.54, 1.807) is 24.3 Å². The first-order valence-electron chi connectivity index (χ1n) is 6.83. The standard InChI is InChI=1S/C16H19NO3S/c1-3-20-15-9-11-16(12-10-15)21(18,19)17-13(2)14-7-5-4-6-8-14/h4-13,17H,3H2,1-2H3. The van der Waals surface area contributed by atoms with Crippen molar-refractivity contribution in [1.29, 1.82) is 0 Å². The van der Waals surface area contributed by atoms with Gasteiger partial charge in [-0.1, -0.05) is 30.3 Å². The number of hydrogen-bond donors (Lipinski definition) is 1. The van der Waals surface area contributed by atoms with Crippen LogP contribution in [0.1, 0.15) is 25.5 Å². The molecule has 0 amide bonds. The molecular formula is C16H19NO3S. The molecule has 0 aliphatic heterocycles. The van der Waals surface area contributed by atoms with E-state index in [-0.39, 0.29) is 10.9 Å². The molecule has 1 atom stereocenters. The largest absolute Gasteiger partial charge is 0.494 e. The average Bonchev–Trinajstić information content (AvgIpc) is 2.48. The van der Waals surface area contributed by atoms with Crippen LogP contribution in [0.15, 0.2) is 59.5 Å². The summed E-state index contributed by atoms with van der Waals surface area (Å²) < 4.78 is 32.6. The van der Waals surface area contributed by atoms with Crippen molar-refractivity contribution in [2.75, 3.05) is 6.61 Å². The first-order chi connectivity index (χ1) is 10.0. The van der Waals surface area contributed by atoms with Crippen molar-refractivity contribution in [2.45, 2.75) is 24.8 Å². The number of sulfonamides is 1. The van der Waals surface area contributed by atoms with E-state index in [0.29, 0.717) is 12.4 Å². The third kappa shape index (κ3) is 4.06. The van der Waals surface area contributed by atoms with E-state index in [1.165, 1.54) is 0 Å². The first kappa shape index (κ1) is 15.5. The highest BCUT2D eigenvalue weighted by Gasteiger charge is 2.18. The Bertz CT molecular complexity index is 666. The lowest BCUT2D eigenvalue weighted by molar-refractivity contribution is 0.340. The van der Waals surface area contributed by atoms with E-state index in [9.17, 15) is 8.42 Å². The van der Waals surface area contributed by atoms with Crippen LogP contribution in [0.3, 0.4) is 0 Å². The molecule has 2 aromatic rings. The number of benzene rings is 2. The summed E-state index contributed by atoms with van der Waals surface area (Å²) in [5.41, 5.74) is 0.923. The van der Waals surface area contributed by atoms with Crippen LogP contribution in [0.25, 0.3) is 0 Å². The molecule has 2 rings (SSSR count). The molecule has 0 aromatic heterocycles. The maximum Gasteiger partial charge on any atom is 0.241 e. The van der Waals surface area contributed by atoms with E-state index in [0.717, 1.165) is 5.56 Å². The summed E-state index contributed by atoms with van der Waals surface area (Å²) in [6.45, 7) is 4.25. The van der Waals surface area contributed by atoms with Crippen molar-refractivity contribution in [3.05, 3.63) is 60.2 Å². The van der Waals surface area contributed by atoms with Crippen molar-refractivity contribution >= 4 is 10.0 Å². The van der Waals surface area contributed by atoms with Gasteiger partial charge in [0.15, 0.2) is 0 Å². The lowest BCUT2D eigenvalue weighted by atomic mass is 10.1. The molecular weight excluding hydrogens is 286 g/mol. The molecule has 0 radical (unpaired) electrons. The minimum Gasteiger partial charge on any atom is -0.494 e. The second kappa shape index (κ2) is 6.74. The highest BCUT2D eigenvalue weighted by atomic mass is 32.2. The molecule has 0 saturated heterocycles. The summed E-state index contributed by atoms with van der Waals surface area (Å²) in [5, 5.41) is 0. The first-order valence-corrected chi connectivity index (χ1v) is 8.31. The molecule has 21 heavy (non-hydrogen) atoms. The molecule has 0 aliphatic carbocycles. The summed E-state index contributed by atoms with van der Waals surface area (Å²) in [4.78, 5) is 0.230. The molecule has 0 saturated carbocycles. The summed E-state index contributed by atoms with van der Waals surface area (Å²) >= 11 is 0. The highest BCUT2D eigenvalue weighted by Crippen LogP contribution is 2.19. The molecule has 2 aromatic carbocycles. The zero-order valence-electron chi connectivity index (χ0n) is 12.1. The molecule has 0 aliphatic rings. The fourth-order valence-corrected chi connectivity index (χ4v) is 3.22. The van der Waals surface area contributed by atoms with Crippen LogP contribution in [-0.4, -0.2) is 15.0 Å². The Balaban J connectivity index is 2.14. The molecule has 1 unspecified atom stereocenters. The maximum atomic E-state index is 12.3. The maximum absolute atomic E-state index is 12.3. The van der Waals surface area contributed by atoms with Gasteiger partial charge in [0.25, 0.3) is 0 Å². The Hall–Kier alpha value is -1.85. The zero-order chi connectivity index (χ0) is 15.3. The SMILES string of the molecule is CCOc1ccc(S(=O)(=O)NC(C)c2ccccc2)cc1. The van der Waals surface area contributed by atoms with Gasteiger partial charge in [-0.15, -0.1) is 0 Å².